The number of nitrogens with zero attached hydrogens (tertiary/aromatic N) is 1. The maximum atomic E-state index is 11.7. The Morgan fingerprint density at radius 3 is 2.78 bits per heavy atom. The van der Waals surface area contributed by atoms with E-state index in [1.807, 2.05) is 29.8 Å². The first-order chi connectivity index (χ1) is 11.1. The van der Waals surface area contributed by atoms with Gasteiger partial charge in [-0.05, 0) is 24.5 Å². The second-order valence-electron chi connectivity index (χ2n) is 4.56. The van der Waals surface area contributed by atoms with E-state index in [1.165, 1.54) is 29.8 Å². The van der Waals surface area contributed by atoms with Crippen molar-refractivity contribution in [1.29, 1.82) is 0 Å². The maximum absolute atomic E-state index is 11.7. The van der Waals surface area contributed by atoms with Gasteiger partial charge in [0.15, 0.2) is 0 Å². The highest BCUT2D eigenvalue weighted by atomic mass is 32.2. The van der Waals surface area contributed by atoms with E-state index in [2.05, 4.69) is 4.98 Å². The summed E-state index contributed by atoms with van der Waals surface area (Å²) in [7, 11) is 1.38. The van der Waals surface area contributed by atoms with Crippen molar-refractivity contribution in [1.82, 2.24) is 4.98 Å². The number of aromatic nitrogens is 1. The number of aromatic hydroxyl groups is 1. The van der Waals surface area contributed by atoms with Crippen LogP contribution < -0.4 is 0 Å². The van der Waals surface area contributed by atoms with Gasteiger partial charge in [0, 0.05) is 16.5 Å². The Hall–Kier alpha value is -1.83. The molecule has 0 unspecified atom stereocenters. The molecule has 7 heteroatoms. The van der Waals surface area contributed by atoms with Crippen LogP contribution in [0, 0.1) is 0 Å². The molecule has 3 rings (SSSR count). The lowest BCUT2D eigenvalue weighted by atomic mass is 10.1. The van der Waals surface area contributed by atoms with Gasteiger partial charge < -0.3 is 9.84 Å². The molecular weight excluding hydrogens is 350 g/mol. The van der Waals surface area contributed by atoms with Gasteiger partial charge in [-0.1, -0.05) is 12.1 Å². The summed E-state index contributed by atoms with van der Waals surface area (Å²) >= 11 is 4.46. The molecular formula is C16H13NO3S3. The third-order valence-electron chi connectivity index (χ3n) is 3.18. The number of carbonyl (C=O) groups is 1. The summed E-state index contributed by atoms with van der Waals surface area (Å²) in [6.45, 7) is 0. The van der Waals surface area contributed by atoms with Gasteiger partial charge >= 0.3 is 5.97 Å². The Labute approximate surface area is 145 Å². The van der Waals surface area contributed by atoms with Crippen molar-refractivity contribution in [3.05, 3.63) is 40.6 Å². The van der Waals surface area contributed by atoms with Gasteiger partial charge in [-0.15, -0.1) is 34.4 Å². The molecule has 1 N–H and O–H groups in total. The van der Waals surface area contributed by atoms with Crippen molar-refractivity contribution in [2.75, 3.05) is 13.4 Å². The minimum atomic E-state index is -0.339. The molecule has 0 spiro atoms. The Morgan fingerprint density at radius 1 is 1.30 bits per heavy atom. The SMILES string of the molecule is COC(=O)c1cc(-c2nc(-c3ccccc3O)cs2)c(SC)s1. The first kappa shape index (κ1) is 16.0. The standard InChI is InChI=1S/C16H13NO3S3/c1-20-15(19)13-7-10(16(21-2)23-13)14-17-11(8-22-14)9-5-3-4-6-12(9)18/h3-8,18H,1-2H3. The predicted octanol–water partition coefficient (Wildman–Crippen LogP) is 4.75. The summed E-state index contributed by atoms with van der Waals surface area (Å²) in [4.78, 5) is 16.9. The van der Waals surface area contributed by atoms with E-state index in [4.69, 9.17) is 4.74 Å². The number of methoxy groups -OCH3 is 1. The molecule has 0 radical (unpaired) electrons. The van der Waals surface area contributed by atoms with Gasteiger partial charge in [-0.3, -0.25) is 0 Å². The van der Waals surface area contributed by atoms with Crippen molar-refractivity contribution in [3.63, 3.8) is 0 Å². The third kappa shape index (κ3) is 3.12. The number of phenolic OH excluding ortho intramolecular Hbond substituents is 1. The first-order valence-electron chi connectivity index (χ1n) is 6.64. The molecule has 2 aromatic heterocycles. The highest BCUT2D eigenvalue weighted by Gasteiger charge is 2.18. The van der Waals surface area contributed by atoms with E-state index >= 15 is 0 Å². The molecule has 0 aliphatic rings. The average Bonchev–Trinajstić information content (AvgIpc) is 3.21. The van der Waals surface area contributed by atoms with Gasteiger partial charge in [-0.25, -0.2) is 9.78 Å². The molecule has 0 bridgehead atoms. The molecule has 0 aliphatic carbocycles. The number of ether oxygens (including phenoxy) is 1. The summed E-state index contributed by atoms with van der Waals surface area (Å²) in [5.41, 5.74) is 2.35. The van der Waals surface area contributed by atoms with Crippen LogP contribution in [0.2, 0.25) is 0 Å². The quantitative estimate of drug-likeness (QED) is 0.535. The van der Waals surface area contributed by atoms with Crippen molar-refractivity contribution in [2.24, 2.45) is 0 Å². The zero-order valence-electron chi connectivity index (χ0n) is 12.4. The number of hydrogen-bond acceptors (Lipinski definition) is 7. The number of thioether (sulfide) groups is 1. The Kier molecular flexibility index (Phi) is 4.70. The smallest absolute Gasteiger partial charge is 0.348 e. The number of rotatable bonds is 4. The lowest BCUT2D eigenvalue weighted by Gasteiger charge is -1.99. The molecule has 0 aliphatic heterocycles. The second-order valence-corrected chi connectivity index (χ2v) is 7.55. The van der Waals surface area contributed by atoms with Gasteiger partial charge in [0.05, 0.1) is 17.0 Å². The summed E-state index contributed by atoms with van der Waals surface area (Å²) in [5.74, 6) is -0.135. The molecule has 0 saturated carbocycles. The minimum absolute atomic E-state index is 0.204. The van der Waals surface area contributed by atoms with E-state index < -0.39 is 0 Å². The van der Waals surface area contributed by atoms with Crippen molar-refractivity contribution >= 4 is 40.4 Å². The molecule has 0 amide bonds. The zero-order chi connectivity index (χ0) is 16.4. The molecule has 23 heavy (non-hydrogen) atoms. The fraction of sp³-hybridized carbons (Fsp3) is 0.125. The molecule has 118 valence electrons. The minimum Gasteiger partial charge on any atom is -0.507 e. The molecule has 2 heterocycles. The molecule has 0 atom stereocenters. The lowest BCUT2D eigenvalue weighted by Crippen LogP contribution is -1.96. The van der Waals surface area contributed by atoms with Crippen LogP contribution in [0.5, 0.6) is 5.75 Å². The Balaban J connectivity index is 2.02. The van der Waals surface area contributed by atoms with Crippen molar-refractivity contribution < 1.29 is 14.6 Å². The number of esters is 1. The lowest BCUT2D eigenvalue weighted by molar-refractivity contribution is 0.0606. The van der Waals surface area contributed by atoms with Crippen LogP contribution in [-0.4, -0.2) is 29.4 Å². The van der Waals surface area contributed by atoms with Crippen LogP contribution in [0.15, 0.2) is 39.9 Å². The van der Waals surface area contributed by atoms with Gasteiger partial charge in [0.2, 0.25) is 0 Å². The number of thiazole rings is 1. The monoisotopic (exact) mass is 363 g/mol. The average molecular weight is 363 g/mol. The van der Waals surface area contributed by atoms with Gasteiger partial charge in [0.1, 0.15) is 15.6 Å². The van der Waals surface area contributed by atoms with Crippen LogP contribution in [0.4, 0.5) is 0 Å². The topological polar surface area (TPSA) is 59.4 Å². The van der Waals surface area contributed by atoms with Gasteiger partial charge in [0.25, 0.3) is 0 Å². The molecule has 4 nitrogen and oxygen atoms in total. The van der Waals surface area contributed by atoms with Crippen LogP contribution in [0.3, 0.4) is 0 Å². The Morgan fingerprint density at radius 2 is 2.09 bits per heavy atom. The summed E-state index contributed by atoms with van der Waals surface area (Å²) in [5, 5.41) is 12.7. The summed E-state index contributed by atoms with van der Waals surface area (Å²) in [6.07, 6.45) is 1.97. The predicted molar refractivity (Wildman–Crippen MR) is 95.6 cm³/mol. The normalized spacial score (nSPS) is 10.7. The number of phenols is 1. The number of carbonyl (C=O) groups excluding carboxylic acids is 1. The Bertz CT molecular complexity index is 854. The van der Waals surface area contributed by atoms with Crippen LogP contribution >= 0.6 is 34.4 Å². The second kappa shape index (κ2) is 6.74. The fourth-order valence-electron chi connectivity index (χ4n) is 2.09. The van der Waals surface area contributed by atoms with Crippen molar-refractivity contribution in [3.8, 4) is 27.6 Å². The molecule has 0 saturated heterocycles. The summed E-state index contributed by atoms with van der Waals surface area (Å²) < 4.78 is 5.80. The summed E-state index contributed by atoms with van der Waals surface area (Å²) in [6, 6.07) is 8.93. The number of thiophene rings is 1. The molecule has 1 aromatic carbocycles. The van der Waals surface area contributed by atoms with E-state index in [0.29, 0.717) is 10.4 Å². The third-order valence-corrected chi connectivity index (χ3v) is 6.31. The fourth-order valence-corrected chi connectivity index (χ4v) is 4.85. The van der Waals surface area contributed by atoms with E-state index in [0.717, 1.165) is 20.5 Å². The first-order valence-corrected chi connectivity index (χ1v) is 9.56. The zero-order valence-corrected chi connectivity index (χ0v) is 14.8. The van der Waals surface area contributed by atoms with Crippen LogP contribution in [0.25, 0.3) is 21.8 Å². The number of benzene rings is 1. The van der Waals surface area contributed by atoms with Gasteiger partial charge in [-0.2, -0.15) is 0 Å². The largest absolute Gasteiger partial charge is 0.507 e. The van der Waals surface area contributed by atoms with E-state index in [-0.39, 0.29) is 11.7 Å². The van der Waals surface area contributed by atoms with E-state index in [9.17, 15) is 9.90 Å². The molecule has 3 aromatic rings. The highest BCUT2D eigenvalue weighted by Crippen LogP contribution is 2.41. The van der Waals surface area contributed by atoms with Crippen molar-refractivity contribution in [2.45, 2.75) is 4.21 Å². The number of hydrogen-bond donors (Lipinski definition) is 1. The van der Waals surface area contributed by atoms with Crippen LogP contribution in [0.1, 0.15) is 9.67 Å². The molecule has 0 fully saturated rings. The van der Waals surface area contributed by atoms with Crippen LogP contribution in [-0.2, 0) is 4.74 Å². The maximum Gasteiger partial charge on any atom is 0.348 e. The number of para-hydroxylation sites is 1. The highest BCUT2D eigenvalue weighted by molar-refractivity contribution is 8.00. The van der Waals surface area contributed by atoms with E-state index in [1.54, 1.807) is 23.9 Å².